The Morgan fingerprint density at radius 1 is 0.667 bits per heavy atom. The number of aliphatic hydroxyl groups excluding tert-OH is 2. The number of alkyl halides is 1. The number of amides is 2. The van der Waals surface area contributed by atoms with E-state index in [4.69, 9.17) is 43.5 Å². The number of ketones is 2. The minimum absolute atomic E-state index is 0. The van der Waals surface area contributed by atoms with Crippen LogP contribution in [0.1, 0.15) is 86.4 Å². The molecule has 26 nitrogen and oxygen atoms in total. The van der Waals surface area contributed by atoms with Gasteiger partial charge in [-0.1, -0.05) is 136 Å². The Hall–Kier alpha value is -6.69. The summed E-state index contributed by atoms with van der Waals surface area (Å²) >= 11 is 14.5. The Morgan fingerprint density at radius 3 is 1.66 bits per heavy atom. The number of Topliss-reactive ketones (excluding diaryl/α,β-unsaturated/α-hetero) is 2. The number of H-pyrrole nitrogens is 1. The maximum atomic E-state index is 13.1. The number of benzene rings is 5. The second-order valence-electron chi connectivity index (χ2n) is 24.2. The first-order valence-corrected chi connectivity index (χ1v) is 34.1. The van der Waals surface area contributed by atoms with E-state index in [0.29, 0.717) is 74.5 Å². The molecule has 6 N–H and O–H groups in total. The van der Waals surface area contributed by atoms with Crippen molar-refractivity contribution in [1.29, 1.82) is 0 Å². The van der Waals surface area contributed by atoms with Crippen molar-refractivity contribution < 1.29 is 114 Å². The minimum Gasteiger partial charge on any atom is -0.850 e. The Balaban J connectivity index is 0.000000346. The fourth-order valence-corrected chi connectivity index (χ4v) is 10.8. The molecule has 5 aromatic heterocycles. The van der Waals surface area contributed by atoms with Crippen molar-refractivity contribution >= 4 is 147 Å². The van der Waals surface area contributed by atoms with Crippen LogP contribution in [-0.4, -0.2) is 204 Å². The number of aromatic nitrogens is 9. The SMILES string of the molecule is C.C.C1CCOC1.CC(C)(C)[O-].CI.CN(C)CC(O)Cn1nc(C2=C(c3cn(C)c4ccccc34)C(=O)NC2=O)c2cc(Cl)ccc21.COC(=O)C(=O)c1n[nH]c2ccccc12.COC(=O)C(=O)c1nn(C)c2ccccc12.COC(N)Cc1nn(CC(O)CN(C)C)c2ccc(Cl)cc12.[K+]. The predicted molar refractivity (Wildman–Crippen MR) is 403 cm³/mol. The first-order valence-electron chi connectivity index (χ1n) is 31.2. The fraction of sp³-hybridized carbons (Fsp3) is 0.389. The van der Waals surface area contributed by atoms with Crippen LogP contribution in [0.4, 0.5) is 0 Å². The van der Waals surface area contributed by atoms with Gasteiger partial charge in [-0.05, 0) is 101 Å². The third-order valence-corrected chi connectivity index (χ3v) is 15.1. The molecule has 3 atom stereocenters. The van der Waals surface area contributed by atoms with E-state index in [1.54, 1.807) is 91.4 Å². The summed E-state index contributed by atoms with van der Waals surface area (Å²) in [5.41, 5.74) is 11.8. The summed E-state index contributed by atoms with van der Waals surface area (Å²) in [4.78, 5) is 77.2. The van der Waals surface area contributed by atoms with E-state index < -0.39 is 59.4 Å². The number of rotatable bonds is 17. The molecular formula is C72H93Cl2IKN13O13. The van der Waals surface area contributed by atoms with Crippen LogP contribution < -0.4 is 67.5 Å². The molecular weight excluding hydrogens is 1490 g/mol. The van der Waals surface area contributed by atoms with Crippen LogP contribution in [-0.2, 0) is 71.7 Å². The van der Waals surface area contributed by atoms with E-state index in [-0.39, 0.29) is 95.3 Å². The van der Waals surface area contributed by atoms with Gasteiger partial charge < -0.3 is 54.4 Å². The average Bonchev–Trinajstić information content (AvgIpc) is 1.60. The van der Waals surface area contributed by atoms with Gasteiger partial charge in [0.2, 0.25) is 0 Å². The number of aromatic amines is 1. The first-order chi connectivity index (χ1) is 47.0. The Morgan fingerprint density at radius 2 is 1.14 bits per heavy atom. The standard InChI is InChI=1S/C25H24ClN5O3.C15H23ClN4O2.C11H10N2O3.C10H8N2O3.C4H8O.C4H9O.CH3I.2CH4.K/c1-29(2)11-15(32)12-31-20-9-8-14(26)10-17(20)23(28-31)22-21(24(33)27-25(22)34)18-13-30(3)19-7-5-4-6-16(18)19;1-19(2)8-11(21)9-20-14-5-4-10(16)6-12(14)13(18-20)7-15(17)22-3;1-13-8-6-4-3-5-7(8)9(12-13)10(14)11(15)16-2;1-15-10(14)9(13)8-6-4-2-3-5-7(6)11-12-8;1-2-4-5-3-1;1-4(2,3)5;1-2;;;/h4-10,13,15,32H,11-12H2,1-3H3,(H,27,33,34);4-6,11,15,21H,7-9,17H2,1-3H3;3-6H,1-2H3;2-5H,1H3,(H,11,12);1-4H2;1-3H3;1H3;2*1H4;/q;;;;;-1;;;;+1. The summed E-state index contributed by atoms with van der Waals surface area (Å²) in [5.74, 6) is -4.24. The van der Waals surface area contributed by atoms with Crippen LogP contribution in [0.25, 0.3) is 65.7 Å². The number of halogens is 3. The molecule has 0 bridgehead atoms. The topological polar surface area (TPSA) is 334 Å². The molecule has 12 rings (SSSR count). The Labute approximate surface area is 660 Å². The van der Waals surface area contributed by atoms with Crippen molar-refractivity contribution in [2.45, 2.75) is 92.0 Å². The van der Waals surface area contributed by atoms with Crippen LogP contribution in [0, 0.1) is 0 Å². The van der Waals surface area contributed by atoms with Gasteiger partial charge in [-0.15, -0.1) is 5.60 Å². The molecule has 1 fully saturated rings. The van der Waals surface area contributed by atoms with E-state index in [1.165, 1.54) is 20.0 Å². The molecule has 0 spiro atoms. The molecule has 546 valence electrons. The number of para-hydroxylation sites is 3. The summed E-state index contributed by atoms with van der Waals surface area (Å²) in [6, 6.07) is 32.9. The number of nitrogens with zero attached hydrogens (tertiary/aromatic N) is 10. The van der Waals surface area contributed by atoms with Crippen molar-refractivity contribution in [2.24, 2.45) is 19.8 Å². The van der Waals surface area contributed by atoms with Gasteiger partial charge in [0.1, 0.15) is 23.3 Å². The zero-order valence-electron chi connectivity index (χ0n) is 58.6. The number of ether oxygens (including phenoxy) is 4. The van der Waals surface area contributed by atoms with Gasteiger partial charge in [-0.2, -0.15) is 20.4 Å². The largest absolute Gasteiger partial charge is 1.00 e. The molecule has 0 saturated carbocycles. The molecule has 30 heteroatoms. The third kappa shape index (κ3) is 24.5. The number of aliphatic hydroxyl groups is 2. The molecule has 1 saturated heterocycles. The van der Waals surface area contributed by atoms with Crippen LogP contribution >= 0.6 is 45.8 Å². The van der Waals surface area contributed by atoms with Crippen LogP contribution in [0.15, 0.2) is 115 Å². The first kappa shape index (κ1) is 89.5. The van der Waals surface area contributed by atoms with Gasteiger partial charge in [0.25, 0.3) is 23.4 Å². The second-order valence-corrected chi connectivity index (χ2v) is 25.1. The zero-order chi connectivity index (χ0) is 73.0. The van der Waals surface area contributed by atoms with E-state index in [9.17, 15) is 44.1 Å². The van der Waals surface area contributed by atoms with Gasteiger partial charge in [-0.25, -0.2) is 9.59 Å². The van der Waals surface area contributed by atoms with Crippen molar-refractivity contribution in [3.63, 3.8) is 0 Å². The number of nitrogens with two attached hydrogens (primary N) is 1. The summed E-state index contributed by atoms with van der Waals surface area (Å²) in [6.07, 6.45) is 3.30. The normalized spacial score (nSPS) is 13.2. The molecule has 102 heavy (non-hydrogen) atoms. The number of imide groups is 1. The molecule has 2 amide bonds. The number of carbonyl (C=O) groups is 6. The third-order valence-electron chi connectivity index (χ3n) is 14.7. The number of esters is 2. The average molecular weight is 1590 g/mol. The molecule has 7 heterocycles. The Bertz CT molecular complexity index is 4460. The van der Waals surface area contributed by atoms with E-state index in [2.05, 4.69) is 57.8 Å². The molecule has 3 unspecified atom stereocenters. The molecule has 0 aliphatic carbocycles. The maximum Gasteiger partial charge on any atom is 1.00 e. The van der Waals surface area contributed by atoms with Gasteiger partial charge in [0, 0.05) is 108 Å². The number of likely N-dealkylation sites (N-methyl/N-ethyl adjacent to an activating group) is 2. The van der Waals surface area contributed by atoms with Gasteiger partial charge in [0.05, 0.1) is 78.4 Å². The summed E-state index contributed by atoms with van der Waals surface area (Å²) in [5, 5.41) is 57.9. The molecule has 0 radical (unpaired) electrons. The van der Waals surface area contributed by atoms with Crippen molar-refractivity contribution in [2.75, 3.05) is 80.8 Å². The molecule has 5 aromatic carbocycles. The number of carbonyl (C=O) groups excluding carboxylic acids is 6. The number of nitrogens with one attached hydrogen (secondary N) is 2. The summed E-state index contributed by atoms with van der Waals surface area (Å²) in [6.45, 7) is 8.56. The van der Waals surface area contributed by atoms with Crippen LogP contribution in [0.3, 0.4) is 0 Å². The van der Waals surface area contributed by atoms with Gasteiger partial charge in [0.15, 0.2) is 0 Å². The van der Waals surface area contributed by atoms with Crippen molar-refractivity contribution in [3.8, 4) is 0 Å². The van der Waals surface area contributed by atoms with Gasteiger partial charge in [-0.3, -0.25) is 43.6 Å². The van der Waals surface area contributed by atoms with Crippen molar-refractivity contribution in [1.82, 2.24) is 59.2 Å². The number of hydrogen-bond acceptors (Lipinski definition) is 20. The number of methoxy groups -OCH3 is 3. The summed E-state index contributed by atoms with van der Waals surface area (Å²) < 4.78 is 25.7. The summed E-state index contributed by atoms with van der Waals surface area (Å²) in [7, 11) is 15.1. The monoisotopic (exact) mass is 1580 g/mol. The van der Waals surface area contributed by atoms with Gasteiger partial charge >= 0.3 is 63.3 Å². The number of fused-ring (bicyclic) bond motifs is 5. The maximum absolute atomic E-state index is 13.1. The van der Waals surface area contributed by atoms with E-state index >= 15 is 0 Å². The van der Waals surface area contributed by atoms with E-state index in [1.807, 2.05) is 127 Å². The molecule has 2 aliphatic rings. The second kappa shape index (κ2) is 42.3. The fourth-order valence-electron chi connectivity index (χ4n) is 10.5. The number of hydrogen-bond donors (Lipinski definition) is 5. The number of aryl methyl sites for hydroxylation is 2. The van der Waals surface area contributed by atoms with Crippen LogP contribution in [0.2, 0.25) is 10.0 Å². The predicted octanol–water partition coefficient (Wildman–Crippen LogP) is 5.87. The quantitative estimate of drug-likeness (QED) is 0.0104. The molecule has 2 aliphatic heterocycles. The zero-order valence-corrected chi connectivity index (χ0v) is 65.4. The Kier molecular flexibility index (Phi) is 37.1. The smallest absolute Gasteiger partial charge is 0.850 e. The van der Waals surface area contributed by atoms with Crippen molar-refractivity contribution in [3.05, 3.63) is 154 Å². The van der Waals surface area contributed by atoms with E-state index in [0.717, 1.165) is 53.3 Å². The minimum atomic E-state index is -0.910. The molecule has 10 aromatic rings. The van der Waals surface area contributed by atoms with Crippen LogP contribution in [0.5, 0.6) is 0 Å².